The molecule has 3 rings (SSSR count). The molecule has 2 aromatic rings. The van der Waals surface area contributed by atoms with Crippen molar-refractivity contribution in [2.45, 2.75) is 6.54 Å². The molecule has 0 saturated carbocycles. The number of carbonyl (C=O) groups is 1. The minimum absolute atomic E-state index is 0.0282. The number of piperazine rings is 1. The lowest BCUT2D eigenvalue weighted by atomic mass is 10.2. The molecule has 2 amide bonds. The Bertz CT molecular complexity index is 657. The van der Waals surface area contributed by atoms with Crippen LogP contribution in [-0.4, -0.2) is 42.1 Å². The largest absolute Gasteiger partial charge is 0.368 e. The van der Waals surface area contributed by atoms with Gasteiger partial charge in [-0.3, -0.25) is 4.98 Å². The third kappa shape index (κ3) is 4.13. The van der Waals surface area contributed by atoms with E-state index in [1.165, 1.54) is 0 Å². The van der Waals surface area contributed by atoms with Crippen LogP contribution in [0.2, 0.25) is 5.02 Å². The highest BCUT2D eigenvalue weighted by Crippen LogP contribution is 2.20. The lowest BCUT2D eigenvalue weighted by Crippen LogP contribution is -2.51. The summed E-state index contributed by atoms with van der Waals surface area (Å²) in [5.74, 6) is 0. The van der Waals surface area contributed by atoms with Crippen LogP contribution in [0, 0.1) is 0 Å². The molecule has 1 aromatic carbocycles. The van der Waals surface area contributed by atoms with Gasteiger partial charge in [0.25, 0.3) is 0 Å². The molecule has 0 radical (unpaired) electrons. The Morgan fingerprint density at radius 2 is 2.00 bits per heavy atom. The second-order valence-corrected chi connectivity index (χ2v) is 5.91. The smallest absolute Gasteiger partial charge is 0.317 e. The summed E-state index contributed by atoms with van der Waals surface area (Å²) in [6, 6.07) is 11.6. The molecule has 0 unspecified atom stereocenters. The zero-order chi connectivity index (χ0) is 16.1. The summed E-state index contributed by atoms with van der Waals surface area (Å²) in [5, 5.41) is 3.68. The van der Waals surface area contributed by atoms with Crippen LogP contribution >= 0.6 is 11.6 Å². The number of amides is 2. The molecule has 6 heteroatoms. The highest BCUT2D eigenvalue weighted by atomic mass is 35.5. The van der Waals surface area contributed by atoms with Crippen LogP contribution in [0.25, 0.3) is 0 Å². The number of rotatable bonds is 3. The molecular weight excluding hydrogens is 312 g/mol. The molecule has 1 N–H and O–H groups in total. The number of hydrogen-bond acceptors (Lipinski definition) is 3. The van der Waals surface area contributed by atoms with E-state index in [9.17, 15) is 4.79 Å². The van der Waals surface area contributed by atoms with Crippen LogP contribution in [-0.2, 0) is 6.54 Å². The van der Waals surface area contributed by atoms with E-state index in [4.69, 9.17) is 11.6 Å². The fourth-order valence-electron chi connectivity index (χ4n) is 2.63. The summed E-state index contributed by atoms with van der Waals surface area (Å²) in [4.78, 5) is 20.4. The van der Waals surface area contributed by atoms with Crippen molar-refractivity contribution >= 4 is 23.3 Å². The van der Waals surface area contributed by atoms with Gasteiger partial charge in [0.1, 0.15) is 0 Å². The number of pyridine rings is 1. The zero-order valence-electron chi connectivity index (χ0n) is 12.8. The van der Waals surface area contributed by atoms with Crippen LogP contribution in [0.4, 0.5) is 10.5 Å². The maximum Gasteiger partial charge on any atom is 0.317 e. The van der Waals surface area contributed by atoms with Crippen LogP contribution in [0.3, 0.4) is 0 Å². The van der Waals surface area contributed by atoms with Gasteiger partial charge >= 0.3 is 6.03 Å². The van der Waals surface area contributed by atoms with Crippen molar-refractivity contribution in [3.63, 3.8) is 0 Å². The van der Waals surface area contributed by atoms with Crippen molar-refractivity contribution in [2.75, 3.05) is 31.1 Å². The van der Waals surface area contributed by atoms with Crippen molar-refractivity contribution in [3.8, 4) is 0 Å². The zero-order valence-corrected chi connectivity index (χ0v) is 13.5. The Hall–Kier alpha value is -2.27. The van der Waals surface area contributed by atoms with Gasteiger partial charge in [0, 0.05) is 55.8 Å². The minimum Gasteiger partial charge on any atom is -0.368 e. The summed E-state index contributed by atoms with van der Waals surface area (Å²) in [6.07, 6.45) is 3.48. The van der Waals surface area contributed by atoms with Crippen molar-refractivity contribution in [3.05, 3.63) is 59.4 Å². The molecule has 0 spiro atoms. The van der Waals surface area contributed by atoms with Gasteiger partial charge in [-0.1, -0.05) is 23.7 Å². The molecule has 0 bridgehead atoms. The average Bonchev–Trinajstić information content (AvgIpc) is 2.61. The number of aromatic nitrogens is 1. The third-order valence-electron chi connectivity index (χ3n) is 3.91. The lowest BCUT2D eigenvalue weighted by Gasteiger charge is -2.36. The van der Waals surface area contributed by atoms with Gasteiger partial charge in [-0.25, -0.2) is 4.79 Å². The molecule has 1 aliphatic heterocycles. The summed E-state index contributed by atoms with van der Waals surface area (Å²) in [7, 11) is 0. The molecular formula is C17H19ClN4O. The predicted molar refractivity (Wildman–Crippen MR) is 91.7 cm³/mol. The first kappa shape index (κ1) is 15.6. The van der Waals surface area contributed by atoms with Gasteiger partial charge < -0.3 is 15.1 Å². The fourth-order valence-corrected chi connectivity index (χ4v) is 2.82. The summed E-state index contributed by atoms with van der Waals surface area (Å²) >= 11 is 6.04. The van der Waals surface area contributed by atoms with Gasteiger partial charge in [0.2, 0.25) is 0 Å². The molecule has 0 aliphatic carbocycles. The van der Waals surface area contributed by atoms with E-state index in [0.717, 1.165) is 29.4 Å². The maximum absolute atomic E-state index is 12.2. The standard InChI is InChI=1S/C17H19ClN4O/c18-15-4-1-5-16(11-15)21-7-9-22(10-8-21)17(23)20-13-14-3-2-6-19-12-14/h1-6,11-12H,7-10,13H2,(H,20,23). The maximum atomic E-state index is 12.2. The Kier molecular flexibility index (Phi) is 4.98. The van der Waals surface area contributed by atoms with Gasteiger partial charge in [0.05, 0.1) is 0 Å². The number of benzene rings is 1. The van der Waals surface area contributed by atoms with E-state index in [0.29, 0.717) is 19.6 Å². The van der Waals surface area contributed by atoms with E-state index in [-0.39, 0.29) is 6.03 Å². The normalized spacial score (nSPS) is 14.7. The number of hydrogen-bond donors (Lipinski definition) is 1. The number of halogens is 1. The fraction of sp³-hybridized carbons (Fsp3) is 0.294. The first-order chi connectivity index (χ1) is 11.2. The SMILES string of the molecule is O=C(NCc1cccnc1)N1CCN(c2cccc(Cl)c2)CC1. The molecule has 1 aliphatic rings. The molecule has 23 heavy (non-hydrogen) atoms. The van der Waals surface area contributed by atoms with Crippen molar-refractivity contribution in [1.29, 1.82) is 0 Å². The molecule has 1 saturated heterocycles. The Morgan fingerprint density at radius 1 is 1.17 bits per heavy atom. The van der Waals surface area contributed by atoms with E-state index in [1.54, 1.807) is 12.4 Å². The molecule has 0 atom stereocenters. The molecule has 1 aromatic heterocycles. The van der Waals surface area contributed by atoms with Crippen LogP contribution < -0.4 is 10.2 Å². The van der Waals surface area contributed by atoms with Gasteiger partial charge in [-0.15, -0.1) is 0 Å². The molecule has 1 fully saturated rings. The summed E-state index contributed by atoms with van der Waals surface area (Å²) in [6.45, 7) is 3.51. The second-order valence-electron chi connectivity index (χ2n) is 5.47. The lowest BCUT2D eigenvalue weighted by molar-refractivity contribution is 0.194. The number of nitrogens with zero attached hydrogens (tertiary/aromatic N) is 3. The molecule has 5 nitrogen and oxygen atoms in total. The minimum atomic E-state index is -0.0282. The monoisotopic (exact) mass is 330 g/mol. The quantitative estimate of drug-likeness (QED) is 0.941. The van der Waals surface area contributed by atoms with Crippen LogP contribution in [0.5, 0.6) is 0 Å². The van der Waals surface area contributed by atoms with Crippen molar-refractivity contribution in [2.24, 2.45) is 0 Å². The van der Waals surface area contributed by atoms with Crippen LogP contribution in [0.15, 0.2) is 48.8 Å². The Morgan fingerprint density at radius 3 is 2.70 bits per heavy atom. The second kappa shape index (κ2) is 7.33. The molecule has 2 heterocycles. The third-order valence-corrected chi connectivity index (χ3v) is 4.14. The van der Waals surface area contributed by atoms with E-state index in [1.807, 2.05) is 41.3 Å². The van der Waals surface area contributed by atoms with Crippen LogP contribution in [0.1, 0.15) is 5.56 Å². The van der Waals surface area contributed by atoms with Crippen molar-refractivity contribution in [1.82, 2.24) is 15.2 Å². The Labute approximate surface area is 140 Å². The highest BCUT2D eigenvalue weighted by molar-refractivity contribution is 6.30. The van der Waals surface area contributed by atoms with E-state index in [2.05, 4.69) is 15.2 Å². The first-order valence-electron chi connectivity index (χ1n) is 7.64. The van der Waals surface area contributed by atoms with E-state index < -0.39 is 0 Å². The predicted octanol–water partition coefficient (Wildman–Crippen LogP) is 2.77. The Balaban J connectivity index is 1.49. The highest BCUT2D eigenvalue weighted by Gasteiger charge is 2.21. The van der Waals surface area contributed by atoms with Gasteiger partial charge in [-0.2, -0.15) is 0 Å². The van der Waals surface area contributed by atoms with Crippen molar-refractivity contribution < 1.29 is 4.79 Å². The number of anilines is 1. The summed E-state index contributed by atoms with van der Waals surface area (Å²) in [5.41, 5.74) is 2.10. The average molecular weight is 331 g/mol. The van der Waals surface area contributed by atoms with E-state index >= 15 is 0 Å². The first-order valence-corrected chi connectivity index (χ1v) is 8.02. The number of urea groups is 1. The number of carbonyl (C=O) groups excluding carboxylic acids is 1. The van der Waals surface area contributed by atoms with Gasteiger partial charge in [-0.05, 0) is 29.8 Å². The molecule has 120 valence electrons. The van der Waals surface area contributed by atoms with Gasteiger partial charge in [0.15, 0.2) is 0 Å². The summed E-state index contributed by atoms with van der Waals surface area (Å²) < 4.78 is 0. The number of nitrogens with one attached hydrogen (secondary N) is 1. The topological polar surface area (TPSA) is 48.5 Å².